The standard InChI is InChI=1S/C14H18N2/c1-2-12-3-5-13(6-4-12)10-16-8-7-14(9-15)11-16/h3-8,11H,2,9-10,15H2,1H3. The van der Waals surface area contributed by atoms with Gasteiger partial charge in [-0.3, -0.25) is 0 Å². The Morgan fingerprint density at radius 3 is 2.25 bits per heavy atom. The van der Waals surface area contributed by atoms with Gasteiger partial charge in [0.1, 0.15) is 0 Å². The van der Waals surface area contributed by atoms with Crippen molar-refractivity contribution in [3.63, 3.8) is 0 Å². The SMILES string of the molecule is CCc1ccc(Cn2ccc(CN)c2)cc1. The Morgan fingerprint density at radius 2 is 1.69 bits per heavy atom. The number of nitrogens with two attached hydrogens (primary N) is 1. The van der Waals surface area contributed by atoms with Crippen LogP contribution in [0.1, 0.15) is 23.6 Å². The third-order valence-corrected chi connectivity index (χ3v) is 2.84. The number of hydrogen-bond donors (Lipinski definition) is 1. The molecule has 1 heterocycles. The van der Waals surface area contributed by atoms with E-state index in [1.165, 1.54) is 16.7 Å². The third-order valence-electron chi connectivity index (χ3n) is 2.84. The summed E-state index contributed by atoms with van der Waals surface area (Å²) in [5, 5.41) is 0. The van der Waals surface area contributed by atoms with Gasteiger partial charge in [0.05, 0.1) is 0 Å². The lowest BCUT2D eigenvalue weighted by Gasteiger charge is -2.04. The molecule has 84 valence electrons. The fraction of sp³-hybridized carbons (Fsp3) is 0.286. The fourth-order valence-corrected chi connectivity index (χ4v) is 1.80. The van der Waals surface area contributed by atoms with Gasteiger partial charge in [-0.25, -0.2) is 0 Å². The van der Waals surface area contributed by atoms with E-state index in [0.29, 0.717) is 6.54 Å². The molecule has 0 fully saturated rings. The first kappa shape index (κ1) is 11.0. The van der Waals surface area contributed by atoms with Crippen molar-refractivity contribution >= 4 is 0 Å². The van der Waals surface area contributed by atoms with Crippen molar-refractivity contribution in [2.45, 2.75) is 26.4 Å². The van der Waals surface area contributed by atoms with Gasteiger partial charge in [-0.05, 0) is 29.2 Å². The predicted molar refractivity (Wildman–Crippen MR) is 67.2 cm³/mol. The van der Waals surface area contributed by atoms with Gasteiger partial charge in [-0.1, -0.05) is 31.2 Å². The molecule has 0 saturated carbocycles. The molecular weight excluding hydrogens is 196 g/mol. The van der Waals surface area contributed by atoms with Crippen LogP contribution in [-0.4, -0.2) is 4.57 Å². The molecular formula is C14H18N2. The Labute approximate surface area is 96.7 Å². The Kier molecular flexibility index (Phi) is 3.42. The maximum Gasteiger partial charge on any atom is 0.0470 e. The van der Waals surface area contributed by atoms with Crippen LogP contribution in [0.15, 0.2) is 42.7 Å². The first-order valence-corrected chi connectivity index (χ1v) is 5.74. The van der Waals surface area contributed by atoms with Crippen molar-refractivity contribution in [1.82, 2.24) is 4.57 Å². The summed E-state index contributed by atoms with van der Waals surface area (Å²) in [7, 11) is 0. The average Bonchev–Trinajstić information content (AvgIpc) is 2.78. The van der Waals surface area contributed by atoms with E-state index in [-0.39, 0.29) is 0 Å². The zero-order valence-corrected chi connectivity index (χ0v) is 9.69. The summed E-state index contributed by atoms with van der Waals surface area (Å²) in [5.74, 6) is 0. The summed E-state index contributed by atoms with van der Waals surface area (Å²) in [6, 6.07) is 10.9. The molecule has 2 heteroatoms. The minimum absolute atomic E-state index is 0.613. The Bertz CT molecular complexity index is 440. The largest absolute Gasteiger partial charge is 0.350 e. The van der Waals surface area contributed by atoms with Crippen LogP contribution in [0.4, 0.5) is 0 Å². The van der Waals surface area contributed by atoms with Gasteiger partial charge in [-0.15, -0.1) is 0 Å². The van der Waals surface area contributed by atoms with Gasteiger partial charge in [0.25, 0.3) is 0 Å². The molecule has 0 aliphatic heterocycles. The molecule has 1 aromatic heterocycles. The molecule has 0 bridgehead atoms. The predicted octanol–water partition coefficient (Wildman–Crippen LogP) is 2.56. The molecule has 2 rings (SSSR count). The second-order valence-corrected chi connectivity index (χ2v) is 4.07. The van der Waals surface area contributed by atoms with E-state index >= 15 is 0 Å². The van der Waals surface area contributed by atoms with Gasteiger partial charge in [0, 0.05) is 25.5 Å². The summed E-state index contributed by atoms with van der Waals surface area (Å²) in [5.41, 5.74) is 9.48. The van der Waals surface area contributed by atoms with Crippen molar-refractivity contribution in [2.75, 3.05) is 0 Å². The maximum absolute atomic E-state index is 5.58. The first-order chi connectivity index (χ1) is 7.81. The fourth-order valence-electron chi connectivity index (χ4n) is 1.80. The molecule has 0 saturated heterocycles. The van der Waals surface area contributed by atoms with Crippen LogP contribution in [0.3, 0.4) is 0 Å². The number of rotatable bonds is 4. The molecule has 2 N–H and O–H groups in total. The Hall–Kier alpha value is -1.54. The number of aryl methyl sites for hydroxylation is 1. The molecule has 0 radical (unpaired) electrons. The number of benzene rings is 1. The first-order valence-electron chi connectivity index (χ1n) is 5.74. The minimum Gasteiger partial charge on any atom is -0.350 e. The second kappa shape index (κ2) is 4.99. The van der Waals surface area contributed by atoms with Crippen LogP contribution in [0, 0.1) is 0 Å². The lowest BCUT2D eigenvalue weighted by molar-refractivity contribution is 0.801. The lowest BCUT2D eigenvalue weighted by Crippen LogP contribution is -1.98. The molecule has 16 heavy (non-hydrogen) atoms. The molecule has 0 aliphatic carbocycles. The normalized spacial score (nSPS) is 10.6. The molecule has 0 atom stereocenters. The van der Waals surface area contributed by atoms with Crippen LogP contribution in [0.5, 0.6) is 0 Å². The molecule has 0 unspecified atom stereocenters. The van der Waals surface area contributed by atoms with Crippen molar-refractivity contribution in [2.24, 2.45) is 5.73 Å². The summed E-state index contributed by atoms with van der Waals surface area (Å²) >= 11 is 0. The Balaban J connectivity index is 2.08. The quantitative estimate of drug-likeness (QED) is 0.833. The zero-order chi connectivity index (χ0) is 11.4. The van der Waals surface area contributed by atoms with Crippen molar-refractivity contribution < 1.29 is 0 Å². The average molecular weight is 214 g/mol. The number of aromatic nitrogens is 1. The van der Waals surface area contributed by atoms with Crippen LogP contribution in [-0.2, 0) is 19.5 Å². The van der Waals surface area contributed by atoms with Crippen LogP contribution in [0.25, 0.3) is 0 Å². The van der Waals surface area contributed by atoms with Gasteiger partial charge in [-0.2, -0.15) is 0 Å². The van der Waals surface area contributed by atoms with Gasteiger partial charge in [0.15, 0.2) is 0 Å². The van der Waals surface area contributed by atoms with E-state index in [4.69, 9.17) is 5.73 Å². The second-order valence-electron chi connectivity index (χ2n) is 4.07. The number of nitrogens with zero attached hydrogens (tertiary/aromatic N) is 1. The van der Waals surface area contributed by atoms with Gasteiger partial charge < -0.3 is 10.3 Å². The van der Waals surface area contributed by atoms with Crippen LogP contribution >= 0.6 is 0 Å². The van der Waals surface area contributed by atoms with Crippen LogP contribution < -0.4 is 5.73 Å². The van der Waals surface area contributed by atoms with Crippen molar-refractivity contribution in [1.29, 1.82) is 0 Å². The minimum atomic E-state index is 0.613. The maximum atomic E-state index is 5.58. The van der Waals surface area contributed by atoms with E-state index in [0.717, 1.165) is 13.0 Å². The van der Waals surface area contributed by atoms with E-state index in [1.54, 1.807) is 0 Å². The highest BCUT2D eigenvalue weighted by Crippen LogP contribution is 2.08. The molecule has 0 amide bonds. The summed E-state index contributed by atoms with van der Waals surface area (Å²) in [4.78, 5) is 0. The summed E-state index contributed by atoms with van der Waals surface area (Å²) in [6.07, 6.45) is 5.28. The van der Waals surface area contributed by atoms with E-state index in [1.807, 2.05) is 0 Å². The van der Waals surface area contributed by atoms with E-state index < -0.39 is 0 Å². The monoisotopic (exact) mass is 214 g/mol. The number of hydrogen-bond acceptors (Lipinski definition) is 1. The lowest BCUT2D eigenvalue weighted by atomic mass is 10.1. The Morgan fingerprint density at radius 1 is 1.00 bits per heavy atom. The van der Waals surface area contributed by atoms with Crippen molar-refractivity contribution in [3.8, 4) is 0 Å². The van der Waals surface area contributed by atoms with Crippen molar-refractivity contribution in [3.05, 3.63) is 59.4 Å². The van der Waals surface area contributed by atoms with E-state index in [2.05, 4.69) is 54.2 Å². The summed E-state index contributed by atoms with van der Waals surface area (Å²) < 4.78 is 2.17. The highest BCUT2D eigenvalue weighted by Gasteiger charge is 1.97. The molecule has 1 aromatic carbocycles. The third kappa shape index (κ3) is 2.52. The smallest absolute Gasteiger partial charge is 0.0470 e. The van der Waals surface area contributed by atoms with Gasteiger partial charge >= 0.3 is 0 Å². The highest BCUT2D eigenvalue weighted by atomic mass is 14.9. The highest BCUT2D eigenvalue weighted by molar-refractivity contribution is 5.23. The molecule has 0 spiro atoms. The molecule has 2 nitrogen and oxygen atoms in total. The molecule has 0 aliphatic rings. The van der Waals surface area contributed by atoms with E-state index in [9.17, 15) is 0 Å². The summed E-state index contributed by atoms with van der Waals surface area (Å²) in [6.45, 7) is 3.71. The zero-order valence-electron chi connectivity index (χ0n) is 9.69. The van der Waals surface area contributed by atoms with Crippen LogP contribution in [0.2, 0.25) is 0 Å². The van der Waals surface area contributed by atoms with Gasteiger partial charge in [0.2, 0.25) is 0 Å². The molecule has 2 aromatic rings. The topological polar surface area (TPSA) is 30.9 Å².